The molecule has 4 rings (SSSR count). The van der Waals surface area contributed by atoms with Crippen LogP contribution in [0.2, 0.25) is 0 Å². The third kappa shape index (κ3) is 4.25. The van der Waals surface area contributed by atoms with Crippen LogP contribution in [-0.4, -0.2) is 23.6 Å². The van der Waals surface area contributed by atoms with E-state index in [-0.39, 0.29) is 29.2 Å². The third-order valence-electron chi connectivity index (χ3n) is 6.49. The number of nitrogens with zero attached hydrogens (tertiary/aromatic N) is 1. The maximum Gasteiger partial charge on any atom is 0.315 e. The Morgan fingerprint density at radius 3 is 2.55 bits per heavy atom. The molecule has 3 aliphatic rings. The van der Waals surface area contributed by atoms with Crippen LogP contribution in [0.5, 0.6) is 0 Å². The lowest BCUT2D eigenvalue weighted by Crippen LogP contribution is -2.40. The molecule has 0 saturated heterocycles. The first-order chi connectivity index (χ1) is 13.9. The average molecular weight is 414 g/mol. The van der Waals surface area contributed by atoms with Gasteiger partial charge in [0, 0.05) is 34.2 Å². The van der Waals surface area contributed by atoms with Crippen LogP contribution < -0.4 is 0 Å². The molecule has 1 saturated carbocycles. The van der Waals surface area contributed by atoms with Gasteiger partial charge < -0.3 is 4.74 Å². The minimum atomic E-state index is -0.499. The number of allylic oxidation sites excluding steroid dienone is 2. The number of ketones is 1. The van der Waals surface area contributed by atoms with Crippen LogP contribution in [0, 0.1) is 11.3 Å². The highest BCUT2D eigenvalue weighted by Gasteiger charge is 2.46. The van der Waals surface area contributed by atoms with Gasteiger partial charge in [-0.05, 0) is 55.9 Å². The maximum absolute atomic E-state index is 13.4. The molecule has 156 valence electrons. The van der Waals surface area contributed by atoms with Gasteiger partial charge in [0.15, 0.2) is 5.78 Å². The maximum atomic E-state index is 13.4. The van der Waals surface area contributed by atoms with Gasteiger partial charge in [0.05, 0.1) is 0 Å². The van der Waals surface area contributed by atoms with Crippen LogP contribution in [0.25, 0.3) is 0 Å². The molecule has 0 N–H and O–H groups in total. The SMILES string of the molecule is CC1=NC2=C(C(=O)CC(C)(C)C2)[C@@H](c2cccs2)C1C(=O)OC1CCCCCC1. The van der Waals surface area contributed by atoms with Crippen LogP contribution in [0.1, 0.15) is 82.9 Å². The fraction of sp³-hybridized carbons (Fsp3) is 0.625. The van der Waals surface area contributed by atoms with E-state index in [9.17, 15) is 9.59 Å². The molecule has 5 heteroatoms. The van der Waals surface area contributed by atoms with Crippen molar-refractivity contribution in [2.75, 3.05) is 0 Å². The fourth-order valence-corrected chi connectivity index (χ4v) is 6.00. The quantitative estimate of drug-likeness (QED) is 0.463. The van der Waals surface area contributed by atoms with E-state index in [0.29, 0.717) is 6.42 Å². The lowest BCUT2D eigenvalue weighted by molar-refractivity contribution is -0.152. The van der Waals surface area contributed by atoms with E-state index in [1.807, 2.05) is 24.4 Å². The predicted molar refractivity (Wildman–Crippen MR) is 116 cm³/mol. The zero-order chi connectivity index (χ0) is 20.6. The smallest absolute Gasteiger partial charge is 0.315 e. The number of esters is 1. The lowest BCUT2D eigenvalue weighted by Gasteiger charge is -2.38. The second kappa shape index (κ2) is 8.17. The molecule has 0 aromatic carbocycles. The Balaban J connectivity index is 1.68. The van der Waals surface area contributed by atoms with E-state index in [0.717, 1.165) is 54.0 Å². The van der Waals surface area contributed by atoms with Gasteiger partial charge in [-0.1, -0.05) is 32.8 Å². The summed E-state index contributed by atoms with van der Waals surface area (Å²) in [5.74, 6) is -0.830. The number of carbonyl (C=O) groups is 2. The molecule has 1 unspecified atom stereocenters. The van der Waals surface area contributed by atoms with Crippen molar-refractivity contribution in [3.63, 3.8) is 0 Å². The first kappa shape index (κ1) is 20.5. The van der Waals surface area contributed by atoms with Gasteiger partial charge >= 0.3 is 5.97 Å². The molecule has 29 heavy (non-hydrogen) atoms. The molecule has 1 aromatic rings. The van der Waals surface area contributed by atoms with Crippen LogP contribution in [0.3, 0.4) is 0 Å². The van der Waals surface area contributed by atoms with Gasteiger partial charge in [-0.25, -0.2) is 0 Å². The average Bonchev–Trinajstić information content (AvgIpc) is 3.04. The van der Waals surface area contributed by atoms with Crippen LogP contribution in [0.4, 0.5) is 0 Å². The first-order valence-corrected chi connectivity index (χ1v) is 11.8. The van der Waals surface area contributed by atoms with Crippen LogP contribution >= 0.6 is 11.3 Å². The number of Topliss-reactive ketones (excluding diaryl/α,β-unsaturated/α-hetero) is 1. The highest BCUT2D eigenvalue weighted by molar-refractivity contribution is 7.10. The minimum Gasteiger partial charge on any atom is -0.462 e. The van der Waals surface area contributed by atoms with Gasteiger partial charge in [-0.3, -0.25) is 14.6 Å². The van der Waals surface area contributed by atoms with Crippen molar-refractivity contribution in [1.29, 1.82) is 0 Å². The van der Waals surface area contributed by atoms with E-state index >= 15 is 0 Å². The summed E-state index contributed by atoms with van der Waals surface area (Å²) in [5, 5.41) is 2.02. The molecule has 0 spiro atoms. The van der Waals surface area contributed by atoms with Crippen LogP contribution in [-0.2, 0) is 14.3 Å². The second-order valence-electron chi connectivity index (χ2n) is 9.58. The van der Waals surface area contributed by atoms with Gasteiger partial charge in [-0.2, -0.15) is 0 Å². The summed E-state index contributed by atoms with van der Waals surface area (Å²) < 4.78 is 6.02. The van der Waals surface area contributed by atoms with Gasteiger partial charge in [0.2, 0.25) is 0 Å². The Labute approximate surface area is 177 Å². The van der Waals surface area contributed by atoms with E-state index < -0.39 is 5.92 Å². The van der Waals surface area contributed by atoms with Gasteiger partial charge in [-0.15, -0.1) is 11.3 Å². The zero-order valence-corrected chi connectivity index (χ0v) is 18.5. The fourth-order valence-electron chi connectivity index (χ4n) is 5.12. The monoisotopic (exact) mass is 413 g/mol. The summed E-state index contributed by atoms with van der Waals surface area (Å²) in [7, 11) is 0. The highest BCUT2D eigenvalue weighted by Crippen LogP contribution is 2.48. The van der Waals surface area contributed by atoms with E-state index in [1.165, 1.54) is 12.8 Å². The third-order valence-corrected chi connectivity index (χ3v) is 7.45. The van der Waals surface area contributed by atoms with Gasteiger partial charge in [0.1, 0.15) is 12.0 Å². The number of ether oxygens (including phenoxy) is 1. The molecule has 2 aliphatic carbocycles. The zero-order valence-electron chi connectivity index (χ0n) is 17.7. The Hall–Kier alpha value is -1.75. The molecule has 0 amide bonds. The molecular weight excluding hydrogens is 382 g/mol. The van der Waals surface area contributed by atoms with Crippen molar-refractivity contribution >= 4 is 28.8 Å². The number of rotatable bonds is 3. The molecular formula is C24H31NO3S. The van der Waals surface area contributed by atoms with E-state index in [1.54, 1.807) is 11.3 Å². The minimum absolute atomic E-state index is 0.00171. The topological polar surface area (TPSA) is 55.7 Å². The normalized spacial score (nSPS) is 27.8. The first-order valence-electron chi connectivity index (χ1n) is 10.9. The van der Waals surface area contributed by atoms with Crippen molar-refractivity contribution < 1.29 is 14.3 Å². The molecule has 0 radical (unpaired) electrons. The molecule has 2 heterocycles. The molecule has 2 atom stereocenters. The predicted octanol–water partition coefficient (Wildman–Crippen LogP) is 5.83. The molecule has 1 aliphatic heterocycles. The highest BCUT2D eigenvalue weighted by atomic mass is 32.1. The van der Waals surface area contributed by atoms with Crippen molar-refractivity contribution in [3.05, 3.63) is 33.7 Å². The second-order valence-corrected chi connectivity index (χ2v) is 10.6. The van der Waals surface area contributed by atoms with Crippen LogP contribution in [0.15, 0.2) is 33.8 Å². The standard InChI is InChI=1S/C24H31NO3S/c1-15-20(23(27)28-16-9-6-4-5-7-10-16)22(19-11-8-12-29-19)21-17(25-15)13-24(2,3)14-18(21)26/h8,11-12,16,20,22H,4-7,9-10,13-14H2,1-3H3/t20?,22-/m0/s1. The van der Waals surface area contributed by atoms with Crippen molar-refractivity contribution in [3.8, 4) is 0 Å². The van der Waals surface area contributed by atoms with E-state index in [4.69, 9.17) is 9.73 Å². The lowest BCUT2D eigenvalue weighted by atomic mass is 9.68. The Kier molecular flexibility index (Phi) is 5.78. The Bertz CT molecular complexity index is 841. The molecule has 1 aromatic heterocycles. The summed E-state index contributed by atoms with van der Waals surface area (Å²) >= 11 is 1.61. The van der Waals surface area contributed by atoms with Crippen molar-refractivity contribution in [1.82, 2.24) is 0 Å². The number of thiophene rings is 1. The molecule has 4 nitrogen and oxygen atoms in total. The van der Waals surface area contributed by atoms with E-state index in [2.05, 4.69) is 13.8 Å². The number of hydrogen-bond acceptors (Lipinski definition) is 5. The van der Waals surface area contributed by atoms with Crippen molar-refractivity contribution in [2.45, 2.75) is 84.2 Å². The summed E-state index contributed by atoms with van der Waals surface area (Å²) in [6.07, 6.45) is 7.84. The Morgan fingerprint density at radius 1 is 1.17 bits per heavy atom. The number of hydrogen-bond donors (Lipinski definition) is 0. The number of carbonyl (C=O) groups excluding carboxylic acids is 2. The largest absolute Gasteiger partial charge is 0.462 e. The molecule has 0 bridgehead atoms. The summed E-state index contributed by atoms with van der Waals surface area (Å²) in [6, 6.07) is 4.03. The van der Waals surface area contributed by atoms with Gasteiger partial charge in [0.25, 0.3) is 0 Å². The molecule has 1 fully saturated rings. The summed E-state index contributed by atoms with van der Waals surface area (Å²) in [5.41, 5.74) is 2.32. The number of aliphatic imine (C=N–C) groups is 1. The summed E-state index contributed by atoms with van der Waals surface area (Å²) in [4.78, 5) is 32.4. The Morgan fingerprint density at radius 2 is 1.90 bits per heavy atom. The van der Waals surface area contributed by atoms with Crippen molar-refractivity contribution in [2.24, 2.45) is 16.3 Å². The summed E-state index contributed by atoms with van der Waals surface area (Å²) in [6.45, 7) is 6.16.